The lowest BCUT2D eigenvalue weighted by molar-refractivity contribution is -0.00602. The van der Waals surface area contributed by atoms with Crippen molar-refractivity contribution >= 4 is 16.5 Å². The van der Waals surface area contributed by atoms with E-state index in [1.54, 1.807) is 18.3 Å². The summed E-state index contributed by atoms with van der Waals surface area (Å²) in [6, 6.07) is 21.7. The number of ether oxygens (including phenoxy) is 1. The van der Waals surface area contributed by atoms with Gasteiger partial charge in [0.05, 0.1) is 16.6 Å². The van der Waals surface area contributed by atoms with Gasteiger partial charge in [0.15, 0.2) is 5.69 Å². The van der Waals surface area contributed by atoms with Gasteiger partial charge in [-0.1, -0.05) is 75.4 Å². The van der Waals surface area contributed by atoms with E-state index < -0.39 is 5.92 Å². The highest BCUT2D eigenvalue weighted by Gasteiger charge is 2.32. The Morgan fingerprint density at radius 3 is 2.50 bits per heavy atom. The maximum atomic E-state index is 14.0. The van der Waals surface area contributed by atoms with Gasteiger partial charge < -0.3 is 4.74 Å². The van der Waals surface area contributed by atoms with E-state index >= 15 is 0 Å². The van der Waals surface area contributed by atoms with E-state index in [9.17, 15) is 14.0 Å². The van der Waals surface area contributed by atoms with Gasteiger partial charge in [0.1, 0.15) is 18.4 Å². The summed E-state index contributed by atoms with van der Waals surface area (Å²) in [5, 5.41) is 10.3. The number of alkyl halides is 2. The van der Waals surface area contributed by atoms with Gasteiger partial charge in [0.2, 0.25) is 0 Å². The Balaban J connectivity index is 1.68. The molecule has 0 unspecified atom stereocenters. The molecule has 0 spiro atoms. The number of nitriles is 1. The number of benzene rings is 2. The zero-order chi connectivity index (χ0) is 26.9. The summed E-state index contributed by atoms with van der Waals surface area (Å²) in [4.78, 5) is 9.12. The molecule has 0 fully saturated rings. The van der Waals surface area contributed by atoms with Crippen LogP contribution in [0.5, 0.6) is 5.75 Å². The number of hydrogen-bond acceptors (Lipinski definition) is 4. The second-order valence-corrected chi connectivity index (χ2v) is 10.7. The summed E-state index contributed by atoms with van der Waals surface area (Å²) in [6.07, 6.45) is 3.08. The minimum Gasteiger partial charge on any atom is -0.488 e. The quantitative estimate of drug-likeness (QED) is 0.272. The Hall–Kier alpha value is -4.11. The monoisotopic (exact) mass is 509 g/mol. The molecular formula is C32H29F2N3O. The first-order chi connectivity index (χ1) is 18.1. The second-order valence-electron chi connectivity index (χ2n) is 10.7. The van der Waals surface area contributed by atoms with Crippen LogP contribution in [0.25, 0.3) is 27.7 Å². The molecule has 192 valence electrons. The molecule has 0 saturated heterocycles. The van der Waals surface area contributed by atoms with Crippen LogP contribution in [-0.2, 0) is 12.0 Å². The standard InChI is InChI=1S/C32H29F2N3O/c1-31(2,3)23-9-10-24(25(17-23)22-11-14-32(33,34)15-12-22)27-18-29(38-20-21-7-5-4-6-8-21)30-26(37-27)13-16-36-28(30)19-35/h4-11,13,16-18H,12,14-15,20H2,1-3H3. The van der Waals surface area contributed by atoms with Crippen molar-refractivity contribution < 1.29 is 13.5 Å². The number of nitrogens with zero attached hydrogens (tertiary/aromatic N) is 3. The third kappa shape index (κ3) is 5.28. The Bertz CT molecular complexity index is 1560. The summed E-state index contributed by atoms with van der Waals surface area (Å²) < 4.78 is 34.3. The average molecular weight is 510 g/mol. The molecule has 0 amide bonds. The second kappa shape index (κ2) is 9.98. The third-order valence-electron chi connectivity index (χ3n) is 6.94. The van der Waals surface area contributed by atoms with Crippen molar-refractivity contribution in [2.45, 2.75) is 58.0 Å². The van der Waals surface area contributed by atoms with Crippen molar-refractivity contribution in [2.24, 2.45) is 0 Å². The normalized spacial score (nSPS) is 15.1. The summed E-state index contributed by atoms with van der Waals surface area (Å²) in [7, 11) is 0. The van der Waals surface area contributed by atoms with E-state index in [-0.39, 0.29) is 24.0 Å². The molecule has 0 radical (unpaired) electrons. The van der Waals surface area contributed by atoms with Gasteiger partial charge in [-0.2, -0.15) is 5.26 Å². The number of fused-ring (bicyclic) bond motifs is 1. The highest BCUT2D eigenvalue weighted by Crippen LogP contribution is 2.42. The van der Waals surface area contributed by atoms with Gasteiger partial charge in [-0.3, -0.25) is 0 Å². The van der Waals surface area contributed by atoms with Crippen LogP contribution in [0.4, 0.5) is 8.78 Å². The average Bonchev–Trinajstić information content (AvgIpc) is 2.91. The Morgan fingerprint density at radius 1 is 1.03 bits per heavy atom. The zero-order valence-corrected chi connectivity index (χ0v) is 21.8. The highest BCUT2D eigenvalue weighted by atomic mass is 19.3. The topological polar surface area (TPSA) is 58.8 Å². The van der Waals surface area contributed by atoms with Crippen molar-refractivity contribution in [3.63, 3.8) is 0 Å². The zero-order valence-electron chi connectivity index (χ0n) is 21.8. The van der Waals surface area contributed by atoms with Crippen molar-refractivity contribution in [2.75, 3.05) is 0 Å². The Kier molecular flexibility index (Phi) is 6.71. The SMILES string of the molecule is CC(C)(C)c1ccc(-c2cc(OCc3ccccc3)c3c(C#N)nccc3n2)c(C2=CCC(F)(F)CC2)c1. The molecule has 0 bridgehead atoms. The van der Waals surface area contributed by atoms with Gasteiger partial charge in [-0.15, -0.1) is 0 Å². The van der Waals surface area contributed by atoms with Crippen LogP contribution in [0.1, 0.15) is 62.4 Å². The van der Waals surface area contributed by atoms with Crippen molar-refractivity contribution in [1.82, 2.24) is 9.97 Å². The molecule has 0 aliphatic heterocycles. The van der Waals surface area contributed by atoms with E-state index in [2.05, 4.69) is 44.0 Å². The lowest BCUT2D eigenvalue weighted by Crippen LogP contribution is -2.18. The van der Waals surface area contributed by atoms with Gasteiger partial charge in [0.25, 0.3) is 5.92 Å². The third-order valence-corrected chi connectivity index (χ3v) is 6.94. The Morgan fingerprint density at radius 2 is 1.82 bits per heavy atom. The van der Waals surface area contributed by atoms with Gasteiger partial charge >= 0.3 is 0 Å². The summed E-state index contributed by atoms with van der Waals surface area (Å²) in [6.45, 7) is 6.72. The maximum absolute atomic E-state index is 14.0. The first-order valence-corrected chi connectivity index (χ1v) is 12.7. The molecular weight excluding hydrogens is 480 g/mol. The molecule has 2 aromatic heterocycles. The minimum atomic E-state index is -2.67. The summed E-state index contributed by atoms with van der Waals surface area (Å²) in [5.74, 6) is -2.17. The molecule has 5 rings (SSSR count). The van der Waals surface area contributed by atoms with Gasteiger partial charge in [0, 0.05) is 30.7 Å². The van der Waals surface area contributed by atoms with Gasteiger partial charge in [-0.25, -0.2) is 18.7 Å². The lowest BCUT2D eigenvalue weighted by atomic mass is 9.81. The fourth-order valence-electron chi connectivity index (χ4n) is 4.76. The fourth-order valence-corrected chi connectivity index (χ4v) is 4.76. The highest BCUT2D eigenvalue weighted by molar-refractivity contribution is 5.92. The molecule has 0 N–H and O–H groups in total. The molecule has 4 aromatic rings. The maximum Gasteiger partial charge on any atom is 0.251 e. The van der Waals surface area contributed by atoms with Crippen molar-refractivity contribution in [3.05, 3.63) is 95.3 Å². The molecule has 6 heteroatoms. The predicted molar refractivity (Wildman–Crippen MR) is 146 cm³/mol. The minimum absolute atomic E-state index is 0.111. The van der Waals surface area contributed by atoms with E-state index in [1.165, 1.54) is 0 Å². The molecule has 1 aliphatic carbocycles. The molecule has 2 aromatic carbocycles. The number of hydrogen-bond donors (Lipinski definition) is 0. The fraction of sp³-hybridized carbons (Fsp3) is 0.281. The molecule has 38 heavy (non-hydrogen) atoms. The summed E-state index contributed by atoms with van der Waals surface area (Å²) >= 11 is 0. The van der Waals surface area contributed by atoms with Crippen LogP contribution in [0.2, 0.25) is 0 Å². The van der Waals surface area contributed by atoms with Crippen molar-refractivity contribution in [3.8, 4) is 23.1 Å². The number of rotatable bonds is 5. The largest absolute Gasteiger partial charge is 0.488 e. The number of halogens is 2. The molecule has 1 aliphatic rings. The Labute approximate surface area is 221 Å². The number of allylic oxidation sites excluding steroid dienone is 2. The van der Waals surface area contributed by atoms with E-state index in [0.29, 0.717) is 35.4 Å². The smallest absolute Gasteiger partial charge is 0.251 e. The van der Waals surface area contributed by atoms with E-state index in [4.69, 9.17) is 9.72 Å². The molecule has 2 heterocycles. The van der Waals surface area contributed by atoms with Crippen LogP contribution in [0.3, 0.4) is 0 Å². The first kappa shape index (κ1) is 25.5. The van der Waals surface area contributed by atoms with E-state index in [1.807, 2.05) is 42.5 Å². The molecule has 0 saturated carbocycles. The first-order valence-electron chi connectivity index (χ1n) is 12.7. The lowest BCUT2D eigenvalue weighted by Gasteiger charge is -2.26. The van der Waals surface area contributed by atoms with Crippen LogP contribution in [0.15, 0.2) is 72.9 Å². The van der Waals surface area contributed by atoms with Crippen LogP contribution < -0.4 is 4.74 Å². The van der Waals surface area contributed by atoms with E-state index in [0.717, 1.165) is 27.8 Å². The van der Waals surface area contributed by atoms with Gasteiger partial charge in [-0.05, 0) is 40.2 Å². The molecule has 0 atom stereocenters. The van der Waals surface area contributed by atoms with Crippen LogP contribution in [0, 0.1) is 11.3 Å². The van der Waals surface area contributed by atoms with Crippen LogP contribution in [-0.4, -0.2) is 15.9 Å². The molecule has 4 nitrogen and oxygen atoms in total. The van der Waals surface area contributed by atoms with Crippen LogP contribution >= 0.6 is 0 Å². The summed E-state index contributed by atoms with van der Waals surface area (Å²) in [5.41, 5.74) is 6.14. The number of aromatic nitrogens is 2. The van der Waals surface area contributed by atoms with Crippen molar-refractivity contribution in [1.29, 1.82) is 5.26 Å². The number of pyridine rings is 2. The predicted octanol–water partition coefficient (Wildman–Crippen LogP) is 8.25.